The minimum Gasteiger partial charge on any atom is -0.479 e. The minimum absolute atomic E-state index is 0.0524. The van der Waals surface area contributed by atoms with Crippen LogP contribution in [0.3, 0.4) is 0 Å². The van der Waals surface area contributed by atoms with E-state index in [0.29, 0.717) is 10.9 Å². The standard InChI is InChI=1S/C22H27NO13/c1-7-4-12(25)33-10-5-8(2-3-9(7)10)32-22-17(29)16(28)18(19(36-22)20(30)31)35-21-13(23)15(27)14(26)11(6-24)34-21/h2-5,11,13-19,21-22,24,26-29H,6,23H2,1H3,(H,30,31)/t11-,13-,14-,15-,16-,17-,18+,19+,21-,22-/m1/s1. The van der Waals surface area contributed by atoms with Gasteiger partial charge in [0.15, 0.2) is 12.4 Å². The number of hydrogen-bond donors (Lipinski definition) is 7. The van der Waals surface area contributed by atoms with Crippen molar-refractivity contribution in [1.82, 2.24) is 0 Å². The second-order valence-corrected chi connectivity index (χ2v) is 8.65. The highest BCUT2D eigenvalue weighted by atomic mass is 16.7. The average Bonchev–Trinajstić information content (AvgIpc) is 2.83. The number of aliphatic hydroxyl groups excluding tert-OH is 5. The Morgan fingerprint density at radius 2 is 1.75 bits per heavy atom. The predicted octanol–water partition coefficient (Wildman–Crippen LogP) is -2.84. The number of aryl methyl sites for hydroxylation is 1. The Morgan fingerprint density at radius 3 is 2.42 bits per heavy atom. The summed E-state index contributed by atoms with van der Waals surface area (Å²) in [7, 11) is 0. The fraction of sp³-hybridized carbons (Fsp3) is 0.545. The molecule has 0 amide bonds. The zero-order valence-electron chi connectivity index (χ0n) is 18.9. The van der Waals surface area contributed by atoms with E-state index in [1.54, 1.807) is 13.0 Å². The van der Waals surface area contributed by atoms with Crippen molar-refractivity contribution in [3.63, 3.8) is 0 Å². The number of aliphatic carboxylic acids is 1. The van der Waals surface area contributed by atoms with Gasteiger partial charge >= 0.3 is 11.6 Å². The van der Waals surface area contributed by atoms with Crippen LogP contribution in [-0.2, 0) is 19.0 Å². The third-order valence-corrected chi connectivity index (χ3v) is 6.18. The molecule has 10 atom stereocenters. The van der Waals surface area contributed by atoms with Gasteiger partial charge < -0.3 is 59.7 Å². The normalized spacial score (nSPS) is 37.1. The Balaban J connectivity index is 1.54. The van der Waals surface area contributed by atoms with E-state index >= 15 is 0 Å². The molecule has 1 aromatic carbocycles. The second-order valence-electron chi connectivity index (χ2n) is 8.65. The van der Waals surface area contributed by atoms with E-state index in [4.69, 9.17) is 29.1 Å². The summed E-state index contributed by atoms with van der Waals surface area (Å²) >= 11 is 0. The Hall–Kier alpha value is -2.66. The summed E-state index contributed by atoms with van der Waals surface area (Å²) in [5.41, 5.74) is 6.07. The van der Waals surface area contributed by atoms with Crippen LogP contribution >= 0.6 is 0 Å². The van der Waals surface area contributed by atoms with Crippen LogP contribution < -0.4 is 16.1 Å². The molecule has 14 nitrogen and oxygen atoms in total. The fourth-order valence-electron chi connectivity index (χ4n) is 4.18. The molecule has 2 aliphatic heterocycles. The summed E-state index contributed by atoms with van der Waals surface area (Å²) in [6.45, 7) is 1.01. The van der Waals surface area contributed by atoms with Crippen molar-refractivity contribution >= 4 is 16.9 Å². The van der Waals surface area contributed by atoms with Crippen molar-refractivity contribution in [3.8, 4) is 5.75 Å². The number of rotatable bonds is 6. The van der Waals surface area contributed by atoms with Crippen LogP contribution in [-0.4, -0.2) is 105 Å². The van der Waals surface area contributed by atoms with E-state index in [1.807, 2.05) is 0 Å². The molecule has 0 bridgehead atoms. The maximum absolute atomic E-state index is 11.9. The van der Waals surface area contributed by atoms with Crippen molar-refractivity contribution < 1.29 is 58.8 Å². The second kappa shape index (κ2) is 10.4. The maximum atomic E-state index is 11.9. The van der Waals surface area contributed by atoms with Gasteiger partial charge in [-0.05, 0) is 24.6 Å². The number of ether oxygens (including phenoxy) is 4. The summed E-state index contributed by atoms with van der Waals surface area (Å²) in [6.07, 6.45) is -15.0. The van der Waals surface area contributed by atoms with E-state index in [1.165, 1.54) is 18.2 Å². The monoisotopic (exact) mass is 513 g/mol. The van der Waals surface area contributed by atoms with Crippen molar-refractivity contribution in [2.75, 3.05) is 6.61 Å². The summed E-state index contributed by atoms with van der Waals surface area (Å²) in [5.74, 6) is -1.53. The van der Waals surface area contributed by atoms with Crippen LogP contribution in [0.5, 0.6) is 5.75 Å². The zero-order valence-corrected chi connectivity index (χ0v) is 18.9. The molecular weight excluding hydrogens is 486 g/mol. The highest BCUT2D eigenvalue weighted by molar-refractivity contribution is 5.81. The molecule has 0 aliphatic carbocycles. The number of benzene rings is 1. The Labute approximate surface area is 203 Å². The smallest absolute Gasteiger partial charge is 0.336 e. The van der Waals surface area contributed by atoms with Crippen LogP contribution in [0.2, 0.25) is 0 Å². The first kappa shape index (κ1) is 26.4. The number of carbonyl (C=O) groups is 1. The molecule has 2 saturated heterocycles. The summed E-state index contributed by atoms with van der Waals surface area (Å²) < 4.78 is 26.9. The molecule has 2 fully saturated rings. The first-order valence-corrected chi connectivity index (χ1v) is 11.0. The SMILES string of the molecule is Cc1cc(=O)oc2cc(O[C@@H]3O[C@H](C(=O)O)[C@@H](O[C@H]4O[C@H](CO)[C@@H](O)[C@H](O)[C@H]4N)[C@H](O)[C@H]3O)ccc12. The lowest BCUT2D eigenvalue weighted by molar-refractivity contribution is -0.330. The fourth-order valence-corrected chi connectivity index (χ4v) is 4.18. The topological polar surface area (TPSA) is 232 Å². The zero-order chi connectivity index (χ0) is 26.3. The molecule has 0 spiro atoms. The van der Waals surface area contributed by atoms with Crippen molar-refractivity contribution in [2.45, 2.75) is 68.3 Å². The third-order valence-electron chi connectivity index (χ3n) is 6.18. The van der Waals surface area contributed by atoms with Crippen LogP contribution in [0.15, 0.2) is 33.5 Å². The lowest BCUT2D eigenvalue weighted by Crippen LogP contribution is -2.67. The number of carboxylic acid groups (broad SMARTS) is 1. The molecule has 2 aliphatic rings. The van der Waals surface area contributed by atoms with Crippen molar-refractivity contribution in [2.24, 2.45) is 5.73 Å². The largest absolute Gasteiger partial charge is 0.479 e. The molecule has 0 unspecified atom stereocenters. The van der Waals surface area contributed by atoms with Gasteiger partial charge in [-0.15, -0.1) is 0 Å². The van der Waals surface area contributed by atoms with Crippen molar-refractivity contribution in [1.29, 1.82) is 0 Å². The van der Waals surface area contributed by atoms with Gasteiger partial charge in [0.25, 0.3) is 0 Å². The molecular formula is C22H27NO13. The van der Waals surface area contributed by atoms with Crippen LogP contribution in [0.25, 0.3) is 11.0 Å². The first-order chi connectivity index (χ1) is 17.0. The summed E-state index contributed by atoms with van der Waals surface area (Å²) in [6, 6.07) is 4.35. The Morgan fingerprint density at radius 1 is 1.03 bits per heavy atom. The number of fused-ring (bicyclic) bond motifs is 1. The van der Waals surface area contributed by atoms with E-state index in [2.05, 4.69) is 0 Å². The summed E-state index contributed by atoms with van der Waals surface area (Å²) in [4.78, 5) is 23.6. The first-order valence-electron chi connectivity index (χ1n) is 11.0. The molecule has 14 heteroatoms. The quantitative estimate of drug-likeness (QED) is 0.193. The number of carboxylic acids is 1. The van der Waals surface area contributed by atoms with Gasteiger partial charge in [-0.25, -0.2) is 9.59 Å². The molecule has 4 rings (SSSR count). The van der Waals surface area contributed by atoms with Gasteiger partial charge in [0.1, 0.15) is 48.0 Å². The molecule has 0 saturated carbocycles. The predicted molar refractivity (Wildman–Crippen MR) is 117 cm³/mol. The Kier molecular flexibility index (Phi) is 7.61. The lowest BCUT2D eigenvalue weighted by atomic mass is 9.96. The van der Waals surface area contributed by atoms with Gasteiger partial charge in [-0.1, -0.05) is 0 Å². The molecule has 2 aromatic rings. The van der Waals surface area contributed by atoms with E-state index in [-0.39, 0.29) is 11.3 Å². The average molecular weight is 513 g/mol. The van der Waals surface area contributed by atoms with Gasteiger partial charge in [-0.2, -0.15) is 0 Å². The maximum Gasteiger partial charge on any atom is 0.336 e. The van der Waals surface area contributed by atoms with E-state index in [0.717, 1.165) is 0 Å². The molecule has 3 heterocycles. The molecule has 36 heavy (non-hydrogen) atoms. The third kappa shape index (κ3) is 4.95. The van der Waals surface area contributed by atoms with E-state index < -0.39 is 79.6 Å². The lowest BCUT2D eigenvalue weighted by Gasteiger charge is -2.45. The molecule has 198 valence electrons. The van der Waals surface area contributed by atoms with Crippen LogP contribution in [0.4, 0.5) is 0 Å². The Bertz CT molecular complexity index is 1150. The van der Waals surface area contributed by atoms with Crippen LogP contribution in [0, 0.1) is 6.92 Å². The number of hydrogen-bond acceptors (Lipinski definition) is 13. The molecule has 8 N–H and O–H groups in total. The van der Waals surface area contributed by atoms with Crippen LogP contribution in [0.1, 0.15) is 5.56 Å². The van der Waals surface area contributed by atoms with Gasteiger partial charge in [0.05, 0.1) is 12.6 Å². The van der Waals surface area contributed by atoms with Crippen molar-refractivity contribution in [3.05, 3.63) is 40.2 Å². The minimum atomic E-state index is -1.89. The summed E-state index contributed by atoms with van der Waals surface area (Å²) in [5, 5.41) is 61.0. The van der Waals surface area contributed by atoms with Gasteiger partial charge in [-0.3, -0.25) is 0 Å². The van der Waals surface area contributed by atoms with Gasteiger partial charge in [0.2, 0.25) is 6.29 Å². The van der Waals surface area contributed by atoms with E-state index in [9.17, 15) is 40.2 Å². The molecule has 0 radical (unpaired) electrons. The number of nitrogens with two attached hydrogens (primary N) is 1. The van der Waals surface area contributed by atoms with Gasteiger partial charge in [0, 0.05) is 17.5 Å². The highest BCUT2D eigenvalue weighted by Gasteiger charge is 2.53. The highest BCUT2D eigenvalue weighted by Crippen LogP contribution is 2.31. The molecule has 1 aromatic heterocycles. The number of aliphatic hydroxyl groups is 5.